The maximum absolute atomic E-state index is 8.93. The van der Waals surface area contributed by atoms with E-state index in [4.69, 9.17) is 10.5 Å². The summed E-state index contributed by atoms with van der Waals surface area (Å²) in [5, 5.41) is 18.5. The molecular weight excluding hydrogens is 186 g/mol. The number of nitrogens with zero attached hydrogens (tertiary/aromatic N) is 2. The maximum atomic E-state index is 8.93. The van der Waals surface area contributed by atoms with Crippen LogP contribution in [0.2, 0.25) is 0 Å². The Hall–Kier alpha value is -2.52. The van der Waals surface area contributed by atoms with Crippen LogP contribution in [0.1, 0.15) is 5.56 Å². The molecule has 3 nitrogen and oxygen atoms in total. The SMILES string of the molecule is N#CC=C(C#N)c1cccc2[nH]ccc12. The molecule has 1 aromatic carbocycles. The Morgan fingerprint density at radius 1 is 1.27 bits per heavy atom. The molecule has 0 fully saturated rings. The van der Waals surface area contributed by atoms with Crippen molar-refractivity contribution in [3.63, 3.8) is 0 Å². The summed E-state index contributed by atoms with van der Waals surface area (Å²) >= 11 is 0. The topological polar surface area (TPSA) is 63.4 Å². The van der Waals surface area contributed by atoms with Gasteiger partial charge in [-0.05, 0) is 12.1 Å². The van der Waals surface area contributed by atoms with Gasteiger partial charge < -0.3 is 4.98 Å². The van der Waals surface area contributed by atoms with Gasteiger partial charge in [-0.2, -0.15) is 10.5 Å². The fourth-order valence-electron chi connectivity index (χ4n) is 1.56. The fraction of sp³-hybridized carbons (Fsp3) is 0. The third-order valence-corrected chi connectivity index (χ3v) is 2.21. The van der Waals surface area contributed by atoms with Crippen LogP contribution in [0.4, 0.5) is 0 Å². The molecule has 0 aliphatic rings. The molecule has 1 aromatic heterocycles. The van der Waals surface area contributed by atoms with E-state index >= 15 is 0 Å². The standard InChI is InChI=1S/C12H7N3/c13-6-4-9(8-14)10-2-1-3-12-11(10)5-7-15-12/h1-5,7,15H. The van der Waals surface area contributed by atoms with Gasteiger partial charge >= 0.3 is 0 Å². The van der Waals surface area contributed by atoms with Crippen molar-refractivity contribution < 1.29 is 0 Å². The molecule has 3 heteroatoms. The molecule has 70 valence electrons. The summed E-state index contributed by atoms with van der Waals surface area (Å²) in [4.78, 5) is 3.06. The van der Waals surface area contributed by atoms with Crippen LogP contribution < -0.4 is 0 Å². The molecule has 2 rings (SSSR count). The zero-order valence-electron chi connectivity index (χ0n) is 7.86. The van der Waals surface area contributed by atoms with Gasteiger partial charge in [-0.3, -0.25) is 0 Å². The monoisotopic (exact) mass is 193 g/mol. The minimum Gasteiger partial charge on any atom is -0.361 e. The molecule has 0 aliphatic heterocycles. The van der Waals surface area contributed by atoms with Crippen LogP contribution in [0.25, 0.3) is 16.5 Å². The number of benzene rings is 1. The first-order valence-corrected chi connectivity index (χ1v) is 4.43. The van der Waals surface area contributed by atoms with E-state index in [-0.39, 0.29) is 0 Å². The lowest BCUT2D eigenvalue weighted by atomic mass is 10.0. The lowest BCUT2D eigenvalue weighted by molar-refractivity contribution is 1.47. The predicted molar refractivity (Wildman–Crippen MR) is 57.5 cm³/mol. The number of hydrogen-bond donors (Lipinski definition) is 1. The minimum atomic E-state index is 0.391. The summed E-state index contributed by atoms with van der Waals surface area (Å²) in [6.45, 7) is 0. The van der Waals surface area contributed by atoms with E-state index in [0.717, 1.165) is 16.5 Å². The number of rotatable bonds is 1. The van der Waals surface area contributed by atoms with Crippen molar-refractivity contribution in [1.82, 2.24) is 4.98 Å². The van der Waals surface area contributed by atoms with Crippen LogP contribution in [-0.2, 0) is 0 Å². The maximum Gasteiger partial charge on any atom is 0.101 e. The molecular formula is C12H7N3. The summed E-state index contributed by atoms with van der Waals surface area (Å²) in [6.07, 6.45) is 3.08. The second-order valence-corrected chi connectivity index (χ2v) is 3.04. The summed E-state index contributed by atoms with van der Waals surface area (Å²) in [7, 11) is 0. The van der Waals surface area contributed by atoms with Crippen molar-refractivity contribution in [2.24, 2.45) is 0 Å². The number of nitrogens with one attached hydrogen (secondary N) is 1. The number of nitriles is 2. The van der Waals surface area contributed by atoms with Gasteiger partial charge in [-0.15, -0.1) is 0 Å². The van der Waals surface area contributed by atoms with Gasteiger partial charge in [0.25, 0.3) is 0 Å². The quantitative estimate of drug-likeness (QED) is 0.707. The molecule has 0 aliphatic carbocycles. The van der Waals surface area contributed by atoms with Crippen molar-refractivity contribution in [3.8, 4) is 12.1 Å². The summed E-state index contributed by atoms with van der Waals surface area (Å²) in [5.41, 5.74) is 2.15. The number of hydrogen-bond acceptors (Lipinski definition) is 2. The Kier molecular flexibility index (Phi) is 2.23. The average molecular weight is 193 g/mol. The van der Waals surface area contributed by atoms with Crippen molar-refractivity contribution in [2.45, 2.75) is 0 Å². The summed E-state index contributed by atoms with van der Waals surface area (Å²) < 4.78 is 0. The molecule has 1 N–H and O–H groups in total. The first-order valence-electron chi connectivity index (χ1n) is 4.43. The molecule has 0 atom stereocenters. The van der Waals surface area contributed by atoms with Crippen LogP contribution in [0.5, 0.6) is 0 Å². The van der Waals surface area contributed by atoms with Gasteiger partial charge in [0, 0.05) is 28.7 Å². The highest BCUT2D eigenvalue weighted by atomic mass is 14.7. The van der Waals surface area contributed by atoms with E-state index in [2.05, 4.69) is 4.98 Å². The van der Waals surface area contributed by atoms with Gasteiger partial charge in [0.1, 0.15) is 6.07 Å². The predicted octanol–water partition coefficient (Wildman–Crippen LogP) is 2.60. The van der Waals surface area contributed by atoms with E-state index in [1.165, 1.54) is 6.08 Å². The van der Waals surface area contributed by atoms with E-state index in [9.17, 15) is 0 Å². The van der Waals surface area contributed by atoms with Crippen LogP contribution in [0, 0.1) is 22.7 Å². The molecule has 15 heavy (non-hydrogen) atoms. The Morgan fingerprint density at radius 3 is 2.87 bits per heavy atom. The highest BCUT2D eigenvalue weighted by Gasteiger charge is 2.05. The summed E-state index contributed by atoms with van der Waals surface area (Å²) in [5.74, 6) is 0. The van der Waals surface area contributed by atoms with Crippen molar-refractivity contribution >= 4 is 16.5 Å². The zero-order valence-corrected chi connectivity index (χ0v) is 7.86. The van der Waals surface area contributed by atoms with Crippen LogP contribution >= 0.6 is 0 Å². The smallest absolute Gasteiger partial charge is 0.101 e. The third-order valence-electron chi connectivity index (χ3n) is 2.21. The Bertz CT molecular complexity index is 606. The highest BCUT2D eigenvalue weighted by molar-refractivity contribution is 5.96. The third kappa shape index (κ3) is 1.47. The molecule has 0 saturated heterocycles. The van der Waals surface area contributed by atoms with Gasteiger partial charge in [-0.1, -0.05) is 12.1 Å². The number of aromatic nitrogens is 1. The van der Waals surface area contributed by atoms with Crippen molar-refractivity contribution in [2.75, 3.05) is 0 Å². The van der Waals surface area contributed by atoms with Crippen molar-refractivity contribution in [1.29, 1.82) is 10.5 Å². The molecule has 0 saturated carbocycles. The van der Waals surface area contributed by atoms with Crippen LogP contribution in [-0.4, -0.2) is 4.98 Å². The number of fused-ring (bicyclic) bond motifs is 1. The van der Waals surface area contributed by atoms with Crippen LogP contribution in [0.3, 0.4) is 0 Å². The Morgan fingerprint density at radius 2 is 2.13 bits per heavy atom. The van der Waals surface area contributed by atoms with Gasteiger partial charge in [0.15, 0.2) is 0 Å². The fourth-order valence-corrected chi connectivity index (χ4v) is 1.56. The van der Waals surface area contributed by atoms with E-state index in [0.29, 0.717) is 5.57 Å². The van der Waals surface area contributed by atoms with Gasteiger partial charge in [-0.25, -0.2) is 0 Å². The summed E-state index contributed by atoms with van der Waals surface area (Å²) in [6, 6.07) is 11.4. The molecule has 0 radical (unpaired) electrons. The second-order valence-electron chi connectivity index (χ2n) is 3.04. The molecule has 2 aromatic rings. The largest absolute Gasteiger partial charge is 0.361 e. The number of H-pyrrole nitrogens is 1. The Labute approximate surface area is 86.9 Å². The molecule has 1 heterocycles. The van der Waals surface area contributed by atoms with Gasteiger partial charge in [0.05, 0.1) is 11.6 Å². The molecule has 0 amide bonds. The first kappa shape index (κ1) is 9.05. The molecule has 0 spiro atoms. The zero-order chi connectivity index (χ0) is 10.7. The first-order chi connectivity index (χ1) is 7.36. The minimum absolute atomic E-state index is 0.391. The Balaban J connectivity index is 2.72. The van der Waals surface area contributed by atoms with Gasteiger partial charge in [0.2, 0.25) is 0 Å². The van der Waals surface area contributed by atoms with E-state index in [1.54, 1.807) is 0 Å². The normalized spacial score (nSPS) is 10.9. The number of aromatic amines is 1. The molecule has 0 unspecified atom stereocenters. The average Bonchev–Trinajstić information content (AvgIpc) is 2.73. The van der Waals surface area contributed by atoms with E-state index in [1.807, 2.05) is 42.6 Å². The van der Waals surface area contributed by atoms with Crippen LogP contribution in [0.15, 0.2) is 36.5 Å². The number of allylic oxidation sites excluding steroid dienone is 2. The van der Waals surface area contributed by atoms with Crippen molar-refractivity contribution in [3.05, 3.63) is 42.1 Å². The van der Waals surface area contributed by atoms with E-state index < -0.39 is 0 Å². The highest BCUT2D eigenvalue weighted by Crippen LogP contribution is 2.23. The second kappa shape index (κ2) is 3.69. The lowest BCUT2D eigenvalue weighted by Crippen LogP contribution is -1.82. The molecule has 0 bridgehead atoms. The lowest BCUT2D eigenvalue weighted by Gasteiger charge is -1.99.